The van der Waals surface area contributed by atoms with Crippen LogP contribution in [0.2, 0.25) is 0 Å². The fraction of sp³-hybridized carbons (Fsp3) is 0.273. The van der Waals surface area contributed by atoms with Crippen molar-refractivity contribution in [1.82, 2.24) is 10.2 Å². The lowest BCUT2D eigenvalue weighted by Crippen LogP contribution is -2.19. The fourth-order valence-electron chi connectivity index (χ4n) is 2.15. The molecular formula is C11H9BrN2O2. The lowest BCUT2D eigenvalue weighted by Gasteiger charge is -2.11. The molecule has 82 valence electrons. The molecule has 1 saturated carbocycles. The zero-order valence-corrected chi connectivity index (χ0v) is 9.91. The van der Waals surface area contributed by atoms with Crippen LogP contribution in [-0.2, 0) is 10.2 Å². The van der Waals surface area contributed by atoms with E-state index in [0.717, 1.165) is 21.1 Å². The molecule has 3 rings (SSSR count). The Kier molecular flexibility index (Phi) is 1.89. The minimum Gasteiger partial charge on any atom is -0.481 e. The van der Waals surface area contributed by atoms with E-state index in [1.807, 2.05) is 18.2 Å². The molecule has 0 amide bonds. The quantitative estimate of drug-likeness (QED) is 0.888. The Morgan fingerprint density at radius 2 is 2.25 bits per heavy atom. The number of rotatable bonds is 2. The maximum absolute atomic E-state index is 11.3. The van der Waals surface area contributed by atoms with Gasteiger partial charge < -0.3 is 5.11 Å². The highest BCUT2D eigenvalue weighted by molar-refractivity contribution is 9.10. The number of hydrogen-bond acceptors (Lipinski definition) is 2. The molecule has 2 aromatic rings. The predicted molar refractivity (Wildman–Crippen MR) is 62.3 cm³/mol. The molecule has 1 aromatic carbocycles. The Labute approximate surface area is 99.8 Å². The number of carboxylic acid groups (broad SMARTS) is 1. The lowest BCUT2D eigenvalue weighted by atomic mass is 9.93. The summed E-state index contributed by atoms with van der Waals surface area (Å²) >= 11 is 3.38. The number of carboxylic acids is 1. The third kappa shape index (κ3) is 1.15. The van der Waals surface area contributed by atoms with Crippen LogP contribution in [0.5, 0.6) is 0 Å². The Hall–Kier alpha value is -1.36. The second kappa shape index (κ2) is 3.07. The molecule has 0 aliphatic heterocycles. The lowest BCUT2D eigenvalue weighted by molar-refractivity contribution is -0.139. The van der Waals surface area contributed by atoms with Crippen molar-refractivity contribution in [2.24, 2.45) is 0 Å². The van der Waals surface area contributed by atoms with Crippen LogP contribution in [0, 0.1) is 0 Å². The van der Waals surface area contributed by atoms with E-state index in [0.29, 0.717) is 12.8 Å². The maximum Gasteiger partial charge on any atom is 0.314 e. The van der Waals surface area contributed by atoms with Crippen molar-refractivity contribution in [3.05, 3.63) is 28.4 Å². The maximum atomic E-state index is 11.3. The average molecular weight is 281 g/mol. The molecule has 0 spiro atoms. The number of nitrogens with one attached hydrogen (secondary N) is 1. The summed E-state index contributed by atoms with van der Waals surface area (Å²) in [5.74, 6) is -0.742. The van der Waals surface area contributed by atoms with Crippen molar-refractivity contribution in [1.29, 1.82) is 0 Å². The minimum absolute atomic E-state index is 0.689. The van der Waals surface area contributed by atoms with E-state index in [2.05, 4.69) is 26.1 Å². The zero-order valence-electron chi connectivity index (χ0n) is 8.33. The fourth-order valence-corrected chi connectivity index (χ4v) is 2.66. The molecule has 0 unspecified atom stereocenters. The highest BCUT2D eigenvalue weighted by Crippen LogP contribution is 2.51. The molecule has 1 aromatic heterocycles. The largest absolute Gasteiger partial charge is 0.481 e. The molecule has 0 saturated heterocycles. The monoisotopic (exact) mass is 280 g/mol. The van der Waals surface area contributed by atoms with Gasteiger partial charge in [-0.3, -0.25) is 9.89 Å². The van der Waals surface area contributed by atoms with E-state index in [4.69, 9.17) is 0 Å². The molecule has 5 heteroatoms. The third-order valence-electron chi connectivity index (χ3n) is 3.21. The molecule has 1 aliphatic rings. The van der Waals surface area contributed by atoms with E-state index >= 15 is 0 Å². The molecular weight excluding hydrogens is 272 g/mol. The number of fused-ring (bicyclic) bond motifs is 1. The smallest absolute Gasteiger partial charge is 0.314 e. The van der Waals surface area contributed by atoms with Gasteiger partial charge in [0.15, 0.2) is 0 Å². The van der Waals surface area contributed by atoms with Gasteiger partial charge in [0.25, 0.3) is 0 Å². The highest BCUT2D eigenvalue weighted by Gasteiger charge is 2.52. The highest BCUT2D eigenvalue weighted by atomic mass is 79.9. The Morgan fingerprint density at radius 1 is 1.50 bits per heavy atom. The summed E-state index contributed by atoms with van der Waals surface area (Å²) in [5, 5.41) is 17.1. The van der Waals surface area contributed by atoms with Gasteiger partial charge in [-0.1, -0.05) is 12.1 Å². The van der Waals surface area contributed by atoms with Gasteiger partial charge >= 0.3 is 5.97 Å². The molecule has 1 aliphatic carbocycles. The van der Waals surface area contributed by atoms with Crippen molar-refractivity contribution < 1.29 is 9.90 Å². The number of aromatic amines is 1. The van der Waals surface area contributed by atoms with Gasteiger partial charge in [-0.2, -0.15) is 5.10 Å². The number of aliphatic carboxylic acids is 1. The van der Waals surface area contributed by atoms with Crippen LogP contribution in [-0.4, -0.2) is 21.3 Å². The second-order valence-corrected chi connectivity index (χ2v) is 4.92. The summed E-state index contributed by atoms with van der Waals surface area (Å²) in [6.45, 7) is 0. The zero-order chi connectivity index (χ0) is 11.3. The van der Waals surface area contributed by atoms with Crippen LogP contribution >= 0.6 is 15.9 Å². The van der Waals surface area contributed by atoms with E-state index in [1.165, 1.54) is 0 Å². The summed E-state index contributed by atoms with van der Waals surface area (Å²) in [7, 11) is 0. The number of benzene rings is 1. The van der Waals surface area contributed by atoms with Gasteiger partial charge in [0.2, 0.25) is 0 Å². The van der Waals surface area contributed by atoms with Crippen molar-refractivity contribution in [2.45, 2.75) is 18.3 Å². The van der Waals surface area contributed by atoms with Crippen molar-refractivity contribution in [3.63, 3.8) is 0 Å². The van der Waals surface area contributed by atoms with Crippen LogP contribution in [0.15, 0.2) is 22.8 Å². The van der Waals surface area contributed by atoms with Gasteiger partial charge in [-0.25, -0.2) is 0 Å². The standard InChI is InChI=1S/C11H9BrN2O2/c12-9-8-6(11(4-5-11)10(15)16)2-1-3-7(8)13-14-9/h1-3H,4-5H2,(H,13,14)(H,15,16). The van der Waals surface area contributed by atoms with Gasteiger partial charge in [-0.05, 0) is 40.4 Å². The normalized spacial score (nSPS) is 17.6. The van der Waals surface area contributed by atoms with E-state index in [1.54, 1.807) is 0 Å². The van der Waals surface area contributed by atoms with E-state index in [-0.39, 0.29) is 0 Å². The van der Waals surface area contributed by atoms with Crippen molar-refractivity contribution in [3.8, 4) is 0 Å². The molecule has 16 heavy (non-hydrogen) atoms. The number of carbonyl (C=O) groups is 1. The van der Waals surface area contributed by atoms with Crippen LogP contribution in [0.3, 0.4) is 0 Å². The van der Waals surface area contributed by atoms with Crippen LogP contribution in [0.1, 0.15) is 18.4 Å². The molecule has 4 nitrogen and oxygen atoms in total. The number of nitrogens with zero attached hydrogens (tertiary/aromatic N) is 1. The Morgan fingerprint density at radius 3 is 2.88 bits per heavy atom. The topological polar surface area (TPSA) is 66.0 Å². The molecule has 0 atom stereocenters. The summed E-state index contributed by atoms with van der Waals surface area (Å²) in [6.07, 6.45) is 1.41. The van der Waals surface area contributed by atoms with Gasteiger partial charge in [0, 0.05) is 5.39 Å². The van der Waals surface area contributed by atoms with Crippen LogP contribution < -0.4 is 0 Å². The summed E-state index contributed by atoms with van der Waals surface area (Å²) in [6, 6.07) is 5.61. The first-order valence-corrected chi connectivity index (χ1v) is 5.81. The first-order chi connectivity index (χ1) is 7.65. The van der Waals surface area contributed by atoms with Crippen molar-refractivity contribution in [2.75, 3.05) is 0 Å². The first-order valence-electron chi connectivity index (χ1n) is 5.02. The van der Waals surface area contributed by atoms with Crippen LogP contribution in [0.25, 0.3) is 10.9 Å². The summed E-state index contributed by atoms with van der Waals surface area (Å²) in [4.78, 5) is 11.3. The molecule has 2 N–H and O–H groups in total. The van der Waals surface area contributed by atoms with Crippen molar-refractivity contribution >= 4 is 32.8 Å². The van der Waals surface area contributed by atoms with Gasteiger partial charge in [0.05, 0.1) is 10.9 Å². The Balaban J connectivity index is 2.32. The molecule has 1 heterocycles. The van der Waals surface area contributed by atoms with Gasteiger partial charge in [-0.15, -0.1) is 0 Å². The third-order valence-corrected chi connectivity index (χ3v) is 3.79. The van der Waals surface area contributed by atoms with Crippen LogP contribution in [0.4, 0.5) is 0 Å². The molecule has 1 fully saturated rings. The van der Waals surface area contributed by atoms with E-state index in [9.17, 15) is 9.90 Å². The first kappa shape index (κ1) is 9.84. The molecule has 0 radical (unpaired) electrons. The summed E-state index contributed by atoms with van der Waals surface area (Å²) in [5.41, 5.74) is 0.973. The minimum atomic E-state index is -0.742. The number of aromatic nitrogens is 2. The number of H-pyrrole nitrogens is 1. The van der Waals surface area contributed by atoms with Gasteiger partial charge in [0.1, 0.15) is 4.60 Å². The number of hydrogen-bond donors (Lipinski definition) is 2. The Bertz CT molecular complexity index is 587. The SMILES string of the molecule is O=C(O)C1(c2cccc3n[nH]c(Br)c23)CC1. The average Bonchev–Trinajstić information content (AvgIpc) is 3.00. The second-order valence-electron chi connectivity index (χ2n) is 4.12. The predicted octanol–water partition coefficient (Wildman–Crippen LogP) is 2.44. The number of halogens is 1. The summed E-state index contributed by atoms with van der Waals surface area (Å²) < 4.78 is 0.755. The molecule has 0 bridgehead atoms. The van der Waals surface area contributed by atoms with E-state index < -0.39 is 11.4 Å².